The van der Waals surface area contributed by atoms with Crippen LogP contribution in [0.15, 0.2) is 52.9 Å². The summed E-state index contributed by atoms with van der Waals surface area (Å²) in [6.07, 6.45) is 1.21. The van der Waals surface area contributed by atoms with Crippen LogP contribution in [0, 0.1) is 6.92 Å². The second kappa shape index (κ2) is 11.0. The molecule has 1 amide bonds. The zero-order valence-electron chi connectivity index (χ0n) is 21.9. The Morgan fingerprint density at radius 1 is 1.24 bits per heavy atom. The first-order valence-corrected chi connectivity index (χ1v) is 14.7. The molecule has 1 aliphatic rings. The number of aromatic nitrogens is 1. The van der Waals surface area contributed by atoms with Crippen molar-refractivity contribution in [2.75, 3.05) is 29.8 Å². The van der Waals surface area contributed by atoms with Crippen LogP contribution in [-0.4, -0.2) is 56.2 Å². The van der Waals surface area contributed by atoms with Gasteiger partial charge in [0.2, 0.25) is 0 Å². The van der Waals surface area contributed by atoms with E-state index < -0.39 is 15.6 Å². The molecular weight excluding hydrogens is 548 g/mol. The van der Waals surface area contributed by atoms with Gasteiger partial charge in [0.05, 0.1) is 35.3 Å². The fourth-order valence-corrected chi connectivity index (χ4v) is 6.48. The number of rotatable bonds is 8. The molecule has 0 unspecified atom stereocenters. The average Bonchev–Trinajstić information content (AvgIpc) is 3.34. The summed E-state index contributed by atoms with van der Waals surface area (Å²) in [5, 5.41) is 5.63. The molecule has 2 heterocycles. The summed E-state index contributed by atoms with van der Waals surface area (Å²) in [6, 6.07) is 10.1. The largest absolute Gasteiger partial charge is 0.497 e. The SMILES string of the molecule is COc1ccc(CN(c2nccs2)S(=O)(=O)c2ccc(NC3CN(C(=O)OC(C)(C)C)C3)c(Cl)c2)c(C)c1. The molecule has 38 heavy (non-hydrogen) atoms. The van der Waals surface area contributed by atoms with Gasteiger partial charge >= 0.3 is 6.09 Å². The first kappa shape index (κ1) is 28.0. The molecule has 3 aromatic rings. The van der Waals surface area contributed by atoms with Crippen LogP contribution in [0.1, 0.15) is 31.9 Å². The quantitative estimate of drug-likeness (QED) is 0.374. The van der Waals surface area contributed by atoms with E-state index in [2.05, 4.69) is 10.3 Å². The molecule has 0 atom stereocenters. The molecule has 1 aliphatic heterocycles. The third-order valence-corrected chi connectivity index (χ3v) is 8.87. The van der Waals surface area contributed by atoms with Gasteiger partial charge in [0.15, 0.2) is 5.13 Å². The van der Waals surface area contributed by atoms with Crippen LogP contribution in [0.4, 0.5) is 15.6 Å². The van der Waals surface area contributed by atoms with Crippen LogP contribution >= 0.6 is 22.9 Å². The number of hydrogen-bond acceptors (Lipinski definition) is 8. The third kappa shape index (κ3) is 6.33. The maximum Gasteiger partial charge on any atom is 0.410 e. The van der Waals surface area contributed by atoms with Crippen molar-refractivity contribution in [3.05, 3.63) is 64.1 Å². The topological polar surface area (TPSA) is 101 Å². The van der Waals surface area contributed by atoms with Crippen molar-refractivity contribution in [1.82, 2.24) is 9.88 Å². The summed E-state index contributed by atoms with van der Waals surface area (Å²) in [5.74, 6) is 0.699. The van der Waals surface area contributed by atoms with Crippen LogP contribution in [0.3, 0.4) is 0 Å². The van der Waals surface area contributed by atoms with E-state index in [0.29, 0.717) is 29.7 Å². The van der Waals surface area contributed by atoms with Gasteiger partial charge in [-0.25, -0.2) is 22.5 Å². The van der Waals surface area contributed by atoms with Gasteiger partial charge in [0.1, 0.15) is 11.4 Å². The number of sulfonamides is 1. The molecule has 204 valence electrons. The zero-order valence-corrected chi connectivity index (χ0v) is 24.3. The Balaban J connectivity index is 1.50. The summed E-state index contributed by atoms with van der Waals surface area (Å²) >= 11 is 7.76. The predicted octanol–water partition coefficient (Wildman–Crippen LogP) is 5.54. The molecule has 1 aromatic heterocycles. The second-order valence-electron chi connectivity index (χ2n) is 9.99. The van der Waals surface area contributed by atoms with E-state index in [0.717, 1.165) is 11.1 Å². The van der Waals surface area contributed by atoms with Crippen LogP contribution in [0.25, 0.3) is 0 Å². The second-order valence-corrected chi connectivity index (χ2v) is 13.1. The van der Waals surface area contributed by atoms with Gasteiger partial charge < -0.3 is 19.7 Å². The van der Waals surface area contributed by atoms with E-state index in [4.69, 9.17) is 21.1 Å². The van der Waals surface area contributed by atoms with E-state index in [1.807, 2.05) is 39.8 Å². The molecule has 12 heteroatoms. The van der Waals surface area contributed by atoms with E-state index in [1.165, 1.54) is 27.8 Å². The van der Waals surface area contributed by atoms with E-state index in [1.54, 1.807) is 35.7 Å². The first-order valence-electron chi connectivity index (χ1n) is 12.0. The zero-order chi connectivity index (χ0) is 27.7. The van der Waals surface area contributed by atoms with Crippen LogP contribution in [0.2, 0.25) is 5.02 Å². The molecule has 0 aliphatic carbocycles. The van der Waals surface area contributed by atoms with Gasteiger partial charge in [-0.05, 0) is 69.2 Å². The van der Waals surface area contributed by atoms with E-state index >= 15 is 0 Å². The number of amides is 1. The van der Waals surface area contributed by atoms with Crippen LogP contribution in [0.5, 0.6) is 5.75 Å². The van der Waals surface area contributed by atoms with Crippen molar-refractivity contribution >= 4 is 49.9 Å². The Labute approximate surface area is 232 Å². The van der Waals surface area contributed by atoms with Gasteiger partial charge in [-0.1, -0.05) is 17.7 Å². The molecule has 1 fully saturated rings. The number of halogens is 1. The summed E-state index contributed by atoms with van der Waals surface area (Å²) in [7, 11) is -2.39. The maximum absolute atomic E-state index is 13.8. The Morgan fingerprint density at radius 3 is 2.55 bits per heavy atom. The standard InChI is InChI=1S/C26H31ClN4O5S2/c1-17-12-20(35-5)7-6-18(17)14-31(24-28-10-11-37-24)38(33,34)21-8-9-23(22(27)13-21)29-19-15-30(16-19)25(32)36-26(2,3)4/h6-13,19,29H,14-16H2,1-5H3. The van der Waals surface area contributed by atoms with Crippen molar-refractivity contribution in [1.29, 1.82) is 0 Å². The number of anilines is 2. The number of carbonyl (C=O) groups excluding carboxylic acids is 1. The Hall–Kier alpha value is -3.02. The number of aryl methyl sites for hydroxylation is 1. The fourth-order valence-electron chi connectivity index (χ4n) is 3.89. The van der Waals surface area contributed by atoms with Crippen LogP contribution in [-0.2, 0) is 21.3 Å². The molecule has 0 bridgehead atoms. The summed E-state index contributed by atoms with van der Waals surface area (Å²) in [5.41, 5.74) is 1.76. The Morgan fingerprint density at radius 2 is 1.97 bits per heavy atom. The number of methoxy groups -OCH3 is 1. The highest BCUT2D eigenvalue weighted by Gasteiger charge is 2.34. The lowest BCUT2D eigenvalue weighted by atomic mass is 10.1. The Kier molecular flexibility index (Phi) is 8.10. The smallest absolute Gasteiger partial charge is 0.410 e. The lowest BCUT2D eigenvalue weighted by Gasteiger charge is -2.40. The van der Waals surface area contributed by atoms with Crippen molar-refractivity contribution < 1.29 is 22.7 Å². The van der Waals surface area contributed by atoms with Gasteiger partial charge in [-0.2, -0.15) is 0 Å². The molecule has 1 N–H and O–H groups in total. The van der Waals surface area contributed by atoms with Gasteiger partial charge in [-0.15, -0.1) is 11.3 Å². The molecule has 0 radical (unpaired) electrons. The Bertz CT molecular complexity index is 1400. The molecular formula is C26H31ClN4O5S2. The summed E-state index contributed by atoms with van der Waals surface area (Å²) in [4.78, 5) is 18.1. The highest BCUT2D eigenvalue weighted by atomic mass is 35.5. The number of likely N-dealkylation sites (tertiary alicyclic amines) is 1. The van der Waals surface area contributed by atoms with Crippen molar-refractivity contribution in [3.63, 3.8) is 0 Å². The van der Waals surface area contributed by atoms with Crippen molar-refractivity contribution in [2.45, 2.75) is 50.8 Å². The minimum Gasteiger partial charge on any atom is -0.497 e. The van der Waals surface area contributed by atoms with E-state index in [9.17, 15) is 13.2 Å². The number of nitrogens with one attached hydrogen (secondary N) is 1. The monoisotopic (exact) mass is 578 g/mol. The number of carbonyl (C=O) groups is 1. The van der Waals surface area contributed by atoms with Gasteiger partial charge in [0, 0.05) is 24.7 Å². The highest BCUT2D eigenvalue weighted by molar-refractivity contribution is 7.93. The number of benzene rings is 2. The fraction of sp³-hybridized carbons (Fsp3) is 0.385. The average molecular weight is 579 g/mol. The first-order chi connectivity index (χ1) is 17.9. The molecule has 4 rings (SSSR count). The molecule has 1 saturated heterocycles. The third-order valence-electron chi connectivity index (χ3n) is 5.92. The number of hydrogen-bond donors (Lipinski definition) is 1. The van der Waals surface area contributed by atoms with Crippen LogP contribution < -0.4 is 14.4 Å². The normalized spacial score (nSPS) is 14.1. The number of ether oxygens (including phenoxy) is 2. The van der Waals surface area contributed by atoms with E-state index in [-0.39, 0.29) is 28.6 Å². The minimum absolute atomic E-state index is 0.0210. The number of thiazole rings is 1. The maximum atomic E-state index is 13.8. The number of nitrogens with zero attached hydrogens (tertiary/aromatic N) is 3. The predicted molar refractivity (Wildman–Crippen MR) is 150 cm³/mol. The lowest BCUT2D eigenvalue weighted by Crippen LogP contribution is -2.57. The van der Waals surface area contributed by atoms with Gasteiger partial charge in [-0.3, -0.25) is 0 Å². The molecule has 0 spiro atoms. The minimum atomic E-state index is -3.98. The van der Waals surface area contributed by atoms with Crippen molar-refractivity contribution in [3.8, 4) is 5.75 Å². The molecule has 0 saturated carbocycles. The molecule has 2 aromatic carbocycles. The lowest BCUT2D eigenvalue weighted by molar-refractivity contribution is 0.0105. The summed E-state index contributed by atoms with van der Waals surface area (Å²) in [6.45, 7) is 8.41. The highest BCUT2D eigenvalue weighted by Crippen LogP contribution is 2.33. The van der Waals surface area contributed by atoms with Gasteiger partial charge in [0.25, 0.3) is 10.0 Å². The van der Waals surface area contributed by atoms with Crippen molar-refractivity contribution in [2.24, 2.45) is 0 Å². The molecule has 9 nitrogen and oxygen atoms in total. The summed E-state index contributed by atoms with van der Waals surface area (Å²) < 4.78 is 39.5.